The standard InChI is InChI=1S/C19H17NO7/c21-13-3-9(4-14(22)18(13)26)1-11-7-20-8-12(17(11)25)2-10-5-15(23)19(27)16(24)6-10/h1-6,20-24,26-27H,7-8H2/b11-1-,12-2+. The molecule has 0 atom stereocenters. The third-order valence-electron chi connectivity index (χ3n) is 4.08. The van der Waals surface area contributed by atoms with E-state index in [4.69, 9.17) is 0 Å². The zero-order valence-corrected chi connectivity index (χ0v) is 14.0. The number of benzene rings is 2. The van der Waals surface area contributed by atoms with E-state index in [0.29, 0.717) is 22.3 Å². The first-order valence-corrected chi connectivity index (χ1v) is 7.92. The highest BCUT2D eigenvalue weighted by atomic mass is 16.3. The van der Waals surface area contributed by atoms with Crippen LogP contribution in [0.15, 0.2) is 35.4 Å². The molecule has 3 rings (SSSR count). The van der Waals surface area contributed by atoms with E-state index in [-0.39, 0.29) is 18.9 Å². The molecule has 0 unspecified atom stereocenters. The van der Waals surface area contributed by atoms with Gasteiger partial charge in [0.2, 0.25) is 0 Å². The number of Topliss-reactive ketones (excluding diaryl/α,β-unsaturated/α-hetero) is 1. The van der Waals surface area contributed by atoms with Crippen LogP contribution in [0.25, 0.3) is 12.2 Å². The maximum Gasteiger partial charge on any atom is 0.200 e. The van der Waals surface area contributed by atoms with Crippen molar-refractivity contribution in [3.63, 3.8) is 0 Å². The molecule has 0 aromatic heterocycles. The average Bonchev–Trinajstić information content (AvgIpc) is 2.61. The van der Waals surface area contributed by atoms with Crippen molar-refractivity contribution >= 4 is 17.9 Å². The molecule has 1 saturated heterocycles. The quantitative estimate of drug-likeness (QED) is 0.310. The summed E-state index contributed by atoms with van der Waals surface area (Å²) < 4.78 is 0. The van der Waals surface area contributed by atoms with Gasteiger partial charge in [-0.25, -0.2) is 0 Å². The van der Waals surface area contributed by atoms with Gasteiger partial charge in [-0.3, -0.25) is 4.79 Å². The average molecular weight is 371 g/mol. The second kappa shape index (κ2) is 6.93. The molecular formula is C19H17NO7. The lowest BCUT2D eigenvalue weighted by Crippen LogP contribution is -2.32. The number of hydrogen-bond donors (Lipinski definition) is 7. The zero-order chi connectivity index (χ0) is 19.7. The van der Waals surface area contributed by atoms with Crippen molar-refractivity contribution < 1.29 is 35.4 Å². The molecule has 0 radical (unpaired) electrons. The fourth-order valence-electron chi connectivity index (χ4n) is 2.75. The normalized spacial score (nSPS) is 17.6. The maximum atomic E-state index is 12.7. The van der Waals surface area contributed by atoms with E-state index in [1.165, 1.54) is 36.4 Å². The smallest absolute Gasteiger partial charge is 0.200 e. The van der Waals surface area contributed by atoms with Crippen molar-refractivity contribution in [3.8, 4) is 34.5 Å². The Labute approximate surface area is 153 Å². The summed E-state index contributed by atoms with van der Waals surface area (Å²) in [5.74, 6) is -3.62. The van der Waals surface area contributed by atoms with Crippen LogP contribution in [0.5, 0.6) is 34.5 Å². The second-order valence-corrected chi connectivity index (χ2v) is 6.09. The van der Waals surface area contributed by atoms with Gasteiger partial charge in [0.15, 0.2) is 40.3 Å². The van der Waals surface area contributed by atoms with Gasteiger partial charge in [-0.2, -0.15) is 0 Å². The van der Waals surface area contributed by atoms with Crippen molar-refractivity contribution in [2.45, 2.75) is 0 Å². The van der Waals surface area contributed by atoms with E-state index in [1.807, 2.05) is 0 Å². The van der Waals surface area contributed by atoms with Crippen LogP contribution in [0.3, 0.4) is 0 Å². The van der Waals surface area contributed by atoms with Crippen molar-refractivity contribution in [1.29, 1.82) is 0 Å². The summed E-state index contributed by atoms with van der Waals surface area (Å²) in [7, 11) is 0. The Balaban J connectivity index is 1.94. The minimum Gasteiger partial charge on any atom is -0.504 e. The predicted octanol–water partition coefficient (Wildman–Crippen LogP) is 1.56. The van der Waals surface area contributed by atoms with Gasteiger partial charge in [0.25, 0.3) is 0 Å². The maximum absolute atomic E-state index is 12.7. The number of hydrogen-bond acceptors (Lipinski definition) is 8. The van der Waals surface area contributed by atoms with Crippen molar-refractivity contribution in [2.24, 2.45) is 0 Å². The van der Waals surface area contributed by atoms with Gasteiger partial charge in [0.05, 0.1) is 0 Å². The molecule has 2 aromatic rings. The van der Waals surface area contributed by atoms with Crippen LogP contribution in [0, 0.1) is 0 Å². The highest BCUT2D eigenvalue weighted by Gasteiger charge is 2.21. The molecule has 1 heterocycles. The molecule has 0 amide bonds. The summed E-state index contributed by atoms with van der Waals surface area (Å²) in [5.41, 5.74) is 1.36. The van der Waals surface area contributed by atoms with Crippen LogP contribution in [0.1, 0.15) is 11.1 Å². The Bertz CT molecular complexity index is 868. The third-order valence-corrected chi connectivity index (χ3v) is 4.08. The third kappa shape index (κ3) is 3.65. The number of phenolic OH excluding ortho intramolecular Hbond substituents is 6. The topological polar surface area (TPSA) is 150 Å². The Hall–Kier alpha value is -3.65. The van der Waals surface area contributed by atoms with Crippen LogP contribution < -0.4 is 5.32 Å². The van der Waals surface area contributed by atoms with Crippen LogP contribution in [-0.4, -0.2) is 49.5 Å². The van der Waals surface area contributed by atoms with Crippen molar-refractivity contribution in [2.75, 3.05) is 13.1 Å². The molecule has 1 fully saturated rings. The second-order valence-electron chi connectivity index (χ2n) is 6.09. The molecule has 0 spiro atoms. The largest absolute Gasteiger partial charge is 0.504 e. The molecule has 7 N–H and O–H groups in total. The van der Waals surface area contributed by atoms with Gasteiger partial charge in [0, 0.05) is 24.2 Å². The number of aromatic hydroxyl groups is 6. The van der Waals surface area contributed by atoms with E-state index < -0.39 is 34.5 Å². The number of carbonyl (C=O) groups is 1. The van der Waals surface area contributed by atoms with Crippen LogP contribution in [-0.2, 0) is 4.79 Å². The molecule has 0 bridgehead atoms. The van der Waals surface area contributed by atoms with Gasteiger partial charge >= 0.3 is 0 Å². The first-order valence-electron chi connectivity index (χ1n) is 7.92. The monoisotopic (exact) mass is 371 g/mol. The summed E-state index contributed by atoms with van der Waals surface area (Å²) in [6.07, 6.45) is 2.93. The fourth-order valence-corrected chi connectivity index (χ4v) is 2.75. The van der Waals surface area contributed by atoms with Crippen LogP contribution >= 0.6 is 0 Å². The first kappa shape index (κ1) is 18.2. The van der Waals surface area contributed by atoms with E-state index in [1.54, 1.807) is 0 Å². The molecule has 8 nitrogen and oxygen atoms in total. The van der Waals surface area contributed by atoms with Gasteiger partial charge in [-0.15, -0.1) is 0 Å². The lowest BCUT2D eigenvalue weighted by molar-refractivity contribution is -0.112. The summed E-state index contributed by atoms with van der Waals surface area (Å²) >= 11 is 0. The van der Waals surface area contributed by atoms with Gasteiger partial charge in [-0.05, 0) is 47.5 Å². The van der Waals surface area contributed by atoms with Crippen LogP contribution in [0.4, 0.5) is 0 Å². The van der Waals surface area contributed by atoms with Gasteiger partial charge < -0.3 is 36.0 Å². The highest BCUT2D eigenvalue weighted by Crippen LogP contribution is 2.37. The number of nitrogens with one attached hydrogen (secondary N) is 1. The number of phenols is 6. The van der Waals surface area contributed by atoms with E-state index in [9.17, 15) is 35.4 Å². The minimum absolute atomic E-state index is 0.255. The molecule has 8 heteroatoms. The number of piperidine rings is 1. The molecule has 0 aliphatic carbocycles. The Kier molecular flexibility index (Phi) is 4.66. The lowest BCUT2D eigenvalue weighted by Gasteiger charge is -2.18. The molecule has 0 saturated carbocycles. The summed E-state index contributed by atoms with van der Waals surface area (Å²) in [4.78, 5) is 12.7. The SMILES string of the molecule is O=C1/C(=C\c2cc(O)c(O)c(O)c2)CNC/C1=C\c1cc(O)c(O)c(O)c1. The lowest BCUT2D eigenvalue weighted by atomic mass is 9.95. The highest BCUT2D eigenvalue weighted by molar-refractivity contribution is 6.14. The fraction of sp³-hybridized carbons (Fsp3) is 0.105. The molecule has 27 heavy (non-hydrogen) atoms. The van der Waals surface area contributed by atoms with E-state index in [0.717, 1.165) is 0 Å². The van der Waals surface area contributed by atoms with Crippen molar-refractivity contribution in [3.05, 3.63) is 46.5 Å². The van der Waals surface area contributed by atoms with Crippen LogP contribution in [0.2, 0.25) is 0 Å². The summed E-state index contributed by atoms with van der Waals surface area (Å²) in [6, 6.07) is 4.85. The minimum atomic E-state index is -0.641. The molecule has 1 aliphatic heterocycles. The zero-order valence-electron chi connectivity index (χ0n) is 14.0. The molecule has 1 aliphatic rings. The number of rotatable bonds is 2. The number of ketones is 1. The van der Waals surface area contributed by atoms with E-state index in [2.05, 4.69) is 5.32 Å². The Morgan fingerprint density at radius 1 is 0.667 bits per heavy atom. The van der Waals surface area contributed by atoms with Gasteiger partial charge in [-0.1, -0.05) is 0 Å². The Morgan fingerprint density at radius 3 is 1.33 bits per heavy atom. The van der Waals surface area contributed by atoms with Crippen molar-refractivity contribution in [1.82, 2.24) is 5.32 Å². The molecule has 140 valence electrons. The molecule has 2 aromatic carbocycles. The molecular weight excluding hydrogens is 354 g/mol. The van der Waals surface area contributed by atoms with Gasteiger partial charge in [0.1, 0.15) is 0 Å². The predicted molar refractivity (Wildman–Crippen MR) is 96.7 cm³/mol. The summed E-state index contributed by atoms with van der Waals surface area (Å²) in [5, 5.41) is 60.1. The Morgan fingerprint density at radius 2 is 1.00 bits per heavy atom. The van der Waals surface area contributed by atoms with E-state index >= 15 is 0 Å². The first-order chi connectivity index (χ1) is 12.8. The summed E-state index contributed by atoms with van der Waals surface area (Å²) in [6.45, 7) is 0.509. The number of carbonyl (C=O) groups excluding carboxylic acids is 1.